The maximum absolute atomic E-state index is 5.85. The van der Waals surface area contributed by atoms with E-state index >= 15 is 0 Å². The minimum atomic E-state index is 0.289. The summed E-state index contributed by atoms with van der Waals surface area (Å²) in [4.78, 5) is 4.59. The molecule has 2 aromatic rings. The standard InChI is InChI=1S/C12H13ClN2S/c1-8(14-2)11-7-16-12(15-11)9-3-5-10(13)6-4-9/h3-8,14H,1-2H3. The molecule has 16 heavy (non-hydrogen) atoms. The number of nitrogens with one attached hydrogen (secondary N) is 1. The Morgan fingerprint density at radius 2 is 2.00 bits per heavy atom. The number of halogens is 1. The van der Waals surface area contributed by atoms with Gasteiger partial charge in [0.2, 0.25) is 0 Å². The van der Waals surface area contributed by atoms with Gasteiger partial charge in [-0.15, -0.1) is 11.3 Å². The molecule has 0 saturated carbocycles. The van der Waals surface area contributed by atoms with Crippen LogP contribution in [0.1, 0.15) is 18.7 Å². The van der Waals surface area contributed by atoms with Crippen molar-refractivity contribution in [3.8, 4) is 10.6 Å². The maximum Gasteiger partial charge on any atom is 0.123 e. The molecule has 0 spiro atoms. The van der Waals surface area contributed by atoms with Crippen LogP contribution in [0.4, 0.5) is 0 Å². The zero-order chi connectivity index (χ0) is 11.5. The van der Waals surface area contributed by atoms with Crippen LogP contribution in [0.3, 0.4) is 0 Å². The lowest BCUT2D eigenvalue weighted by Gasteiger charge is -2.04. The Balaban J connectivity index is 2.28. The summed E-state index contributed by atoms with van der Waals surface area (Å²) in [6.07, 6.45) is 0. The third-order valence-electron chi connectivity index (χ3n) is 2.49. The van der Waals surface area contributed by atoms with Gasteiger partial charge in [0.25, 0.3) is 0 Å². The van der Waals surface area contributed by atoms with Gasteiger partial charge in [0, 0.05) is 22.0 Å². The fourth-order valence-corrected chi connectivity index (χ4v) is 2.40. The van der Waals surface area contributed by atoms with Gasteiger partial charge in [-0.1, -0.05) is 23.7 Å². The highest BCUT2D eigenvalue weighted by Gasteiger charge is 2.08. The predicted octanol–water partition coefficient (Wildman–Crippen LogP) is 3.74. The first-order valence-corrected chi connectivity index (χ1v) is 6.35. The zero-order valence-electron chi connectivity index (χ0n) is 9.20. The average Bonchev–Trinajstić information content (AvgIpc) is 2.78. The van der Waals surface area contributed by atoms with Gasteiger partial charge in [-0.3, -0.25) is 0 Å². The molecule has 1 heterocycles. The van der Waals surface area contributed by atoms with Crippen LogP contribution in [0.15, 0.2) is 29.6 Å². The van der Waals surface area contributed by atoms with E-state index in [1.54, 1.807) is 11.3 Å². The van der Waals surface area contributed by atoms with Gasteiger partial charge in [0.1, 0.15) is 5.01 Å². The number of nitrogens with zero attached hydrogens (tertiary/aromatic N) is 1. The SMILES string of the molecule is CNC(C)c1csc(-c2ccc(Cl)cc2)n1. The van der Waals surface area contributed by atoms with Crippen molar-refractivity contribution in [2.24, 2.45) is 0 Å². The van der Waals surface area contributed by atoms with Gasteiger partial charge in [0.05, 0.1) is 5.69 Å². The molecule has 0 aliphatic carbocycles. The van der Waals surface area contributed by atoms with E-state index in [0.717, 1.165) is 21.3 Å². The summed E-state index contributed by atoms with van der Waals surface area (Å²) in [5.74, 6) is 0. The lowest BCUT2D eigenvalue weighted by Crippen LogP contribution is -2.12. The molecule has 1 atom stereocenters. The summed E-state index contributed by atoms with van der Waals surface area (Å²) < 4.78 is 0. The molecule has 1 aromatic heterocycles. The normalized spacial score (nSPS) is 12.7. The molecule has 0 aliphatic rings. The average molecular weight is 253 g/mol. The van der Waals surface area contributed by atoms with Crippen LogP contribution in [0.2, 0.25) is 5.02 Å². The molecule has 0 amide bonds. The van der Waals surface area contributed by atoms with Crippen molar-refractivity contribution in [2.45, 2.75) is 13.0 Å². The van der Waals surface area contributed by atoms with Gasteiger partial charge in [-0.05, 0) is 26.1 Å². The minimum absolute atomic E-state index is 0.289. The van der Waals surface area contributed by atoms with Crippen LogP contribution in [0, 0.1) is 0 Å². The Labute approximate surface area is 104 Å². The van der Waals surface area contributed by atoms with E-state index in [-0.39, 0.29) is 6.04 Å². The quantitative estimate of drug-likeness (QED) is 0.900. The first kappa shape index (κ1) is 11.6. The number of aromatic nitrogens is 1. The maximum atomic E-state index is 5.85. The third-order valence-corrected chi connectivity index (χ3v) is 3.65. The summed E-state index contributed by atoms with van der Waals surface area (Å²) in [5, 5.41) is 7.06. The summed E-state index contributed by atoms with van der Waals surface area (Å²) in [7, 11) is 1.94. The highest BCUT2D eigenvalue weighted by Crippen LogP contribution is 2.26. The Morgan fingerprint density at radius 1 is 1.31 bits per heavy atom. The Kier molecular flexibility index (Phi) is 3.59. The largest absolute Gasteiger partial charge is 0.312 e. The van der Waals surface area contributed by atoms with E-state index in [9.17, 15) is 0 Å². The highest BCUT2D eigenvalue weighted by atomic mass is 35.5. The van der Waals surface area contributed by atoms with Gasteiger partial charge < -0.3 is 5.32 Å². The molecule has 0 saturated heterocycles. The molecule has 84 valence electrons. The Morgan fingerprint density at radius 3 is 2.62 bits per heavy atom. The van der Waals surface area contributed by atoms with E-state index in [1.807, 2.05) is 31.3 Å². The molecular formula is C12H13ClN2S. The van der Waals surface area contributed by atoms with Gasteiger partial charge >= 0.3 is 0 Å². The number of hydrogen-bond donors (Lipinski definition) is 1. The second kappa shape index (κ2) is 4.95. The van der Waals surface area contributed by atoms with Crippen molar-refractivity contribution in [3.63, 3.8) is 0 Å². The van der Waals surface area contributed by atoms with Gasteiger partial charge in [-0.2, -0.15) is 0 Å². The molecule has 0 aliphatic heterocycles. The summed E-state index contributed by atoms with van der Waals surface area (Å²) >= 11 is 7.51. The summed E-state index contributed by atoms with van der Waals surface area (Å²) in [6.45, 7) is 2.10. The van der Waals surface area contributed by atoms with Crippen LogP contribution in [0.25, 0.3) is 10.6 Å². The fraction of sp³-hybridized carbons (Fsp3) is 0.250. The molecule has 0 radical (unpaired) electrons. The summed E-state index contributed by atoms with van der Waals surface area (Å²) in [6, 6.07) is 8.06. The van der Waals surface area contributed by atoms with Crippen LogP contribution in [0.5, 0.6) is 0 Å². The van der Waals surface area contributed by atoms with Crippen molar-refractivity contribution in [1.82, 2.24) is 10.3 Å². The topological polar surface area (TPSA) is 24.9 Å². The van der Waals surface area contributed by atoms with Gasteiger partial charge in [0.15, 0.2) is 0 Å². The number of benzene rings is 1. The lowest BCUT2D eigenvalue weighted by atomic mass is 10.2. The third kappa shape index (κ3) is 2.43. The van der Waals surface area contributed by atoms with E-state index in [1.165, 1.54) is 0 Å². The number of rotatable bonds is 3. The van der Waals surface area contributed by atoms with E-state index in [0.29, 0.717) is 0 Å². The Bertz CT molecular complexity index is 464. The molecule has 0 bridgehead atoms. The Hall–Kier alpha value is -0.900. The lowest BCUT2D eigenvalue weighted by molar-refractivity contribution is 0.637. The van der Waals surface area contributed by atoms with Crippen molar-refractivity contribution in [3.05, 3.63) is 40.4 Å². The molecule has 4 heteroatoms. The highest BCUT2D eigenvalue weighted by molar-refractivity contribution is 7.13. The predicted molar refractivity (Wildman–Crippen MR) is 70.0 cm³/mol. The molecule has 1 unspecified atom stereocenters. The van der Waals surface area contributed by atoms with Crippen LogP contribution in [-0.2, 0) is 0 Å². The summed E-state index contributed by atoms with van der Waals surface area (Å²) in [5.41, 5.74) is 2.20. The van der Waals surface area contributed by atoms with E-state index in [4.69, 9.17) is 11.6 Å². The molecule has 2 rings (SSSR count). The van der Waals surface area contributed by atoms with Crippen LogP contribution < -0.4 is 5.32 Å². The van der Waals surface area contributed by atoms with Gasteiger partial charge in [-0.25, -0.2) is 4.98 Å². The second-order valence-corrected chi connectivity index (χ2v) is 4.89. The molecular weight excluding hydrogens is 240 g/mol. The number of thiazole rings is 1. The first-order chi connectivity index (χ1) is 7.70. The zero-order valence-corrected chi connectivity index (χ0v) is 10.8. The molecule has 1 aromatic carbocycles. The minimum Gasteiger partial charge on any atom is -0.312 e. The fourth-order valence-electron chi connectivity index (χ4n) is 1.36. The van der Waals surface area contributed by atoms with E-state index in [2.05, 4.69) is 22.6 Å². The van der Waals surface area contributed by atoms with Crippen molar-refractivity contribution < 1.29 is 0 Å². The number of hydrogen-bond acceptors (Lipinski definition) is 3. The van der Waals surface area contributed by atoms with Crippen LogP contribution in [-0.4, -0.2) is 12.0 Å². The van der Waals surface area contributed by atoms with Crippen molar-refractivity contribution in [2.75, 3.05) is 7.05 Å². The van der Waals surface area contributed by atoms with Crippen LogP contribution >= 0.6 is 22.9 Å². The van der Waals surface area contributed by atoms with Crippen molar-refractivity contribution in [1.29, 1.82) is 0 Å². The van der Waals surface area contributed by atoms with Crippen molar-refractivity contribution >= 4 is 22.9 Å². The molecule has 2 nitrogen and oxygen atoms in total. The first-order valence-electron chi connectivity index (χ1n) is 5.09. The smallest absolute Gasteiger partial charge is 0.123 e. The second-order valence-electron chi connectivity index (χ2n) is 3.59. The molecule has 1 N–H and O–H groups in total. The van der Waals surface area contributed by atoms with E-state index < -0.39 is 0 Å². The monoisotopic (exact) mass is 252 g/mol. The molecule has 0 fully saturated rings.